The number of hydrogen-bond donors (Lipinski definition) is 1. The zero-order valence-electron chi connectivity index (χ0n) is 12.3. The van der Waals surface area contributed by atoms with E-state index in [4.69, 9.17) is 5.26 Å². The number of nitrogens with one attached hydrogen (secondary N) is 1. The molecule has 0 amide bonds. The van der Waals surface area contributed by atoms with Crippen molar-refractivity contribution in [1.29, 1.82) is 5.26 Å². The van der Waals surface area contributed by atoms with Gasteiger partial charge < -0.3 is 4.98 Å². The number of aromatic nitrogens is 1. The van der Waals surface area contributed by atoms with Crippen LogP contribution >= 0.6 is 0 Å². The summed E-state index contributed by atoms with van der Waals surface area (Å²) in [5.74, 6) is -0.356. The van der Waals surface area contributed by atoms with Gasteiger partial charge in [-0.25, -0.2) is 0 Å². The van der Waals surface area contributed by atoms with Crippen LogP contribution in [0.5, 0.6) is 0 Å². The van der Waals surface area contributed by atoms with Crippen molar-refractivity contribution < 1.29 is 18.0 Å². The third kappa shape index (κ3) is 2.76. The maximum atomic E-state index is 12.9. The second kappa shape index (κ2) is 5.85. The Kier molecular flexibility index (Phi) is 3.86. The SMILES string of the molecule is N#CCc1c(C(=O)c2ccccc2)[nH]c2ccc(C(F)(F)F)cc12. The lowest BCUT2D eigenvalue weighted by Gasteiger charge is -2.06. The molecule has 0 radical (unpaired) electrons. The van der Waals surface area contributed by atoms with E-state index in [1.54, 1.807) is 30.3 Å². The summed E-state index contributed by atoms with van der Waals surface area (Å²) < 4.78 is 38.8. The fourth-order valence-corrected chi connectivity index (χ4v) is 2.61. The Morgan fingerprint density at radius 2 is 1.83 bits per heavy atom. The lowest BCUT2D eigenvalue weighted by molar-refractivity contribution is -0.137. The van der Waals surface area contributed by atoms with Crippen LogP contribution in [0.4, 0.5) is 13.2 Å². The molecule has 0 bridgehead atoms. The quantitative estimate of drug-likeness (QED) is 0.721. The molecule has 0 saturated carbocycles. The van der Waals surface area contributed by atoms with Crippen LogP contribution in [0.2, 0.25) is 0 Å². The van der Waals surface area contributed by atoms with E-state index < -0.39 is 11.7 Å². The number of aromatic amines is 1. The molecule has 2 aromatic carbocycles. The molecule has 3 rings (SSSR count). The van der Waals surface area contributed by atoms with Gasteiger partial charge in [0.05, 0.1) is 23.7 Å². The summed E-state index contributed by atoms with van der Waals surface area (Å²) in [4.78, 5) is 15.5. The number of ketones is 1. The summed E-state index contributed by atoms with van der Waals surface area (Å²) in [5, 5.41) is 9.25. The minimum absolute atomic E-state index is 0.150. The molecule has 1 aromatic heterocycles. The number of carbonyl (C=O) groups is 1. The van der Waals surface area contributed by atoms with Crippen molar-refractivity contribution >= 4 is 16.7 Å². The van der Waals surface area contributed by atoms with Gasteiger partial charge in [0.1, 0.15) is 0 Å². The van der Waals surface area contributed by atoms with Crippen LogP contribution in [0.25, 0.3) is 10.9 Å². The van der Waals surface area contributed by atoms with Gasteiger partial charge >= 0.3 is 6.18 Å². The molecule has 1 N–H and O–H groups in total. The second-order valence-corrected chi connectivity index (χ2v) is 5.27. The van der Waals surface area contributed by atoms with E-state index >= 15 is 0 Å². The highest BCUT2D eigenvalue weighted by molar-refractivity contribution is 6.12. The fourth-order valence-electron chi connectivity index (χ4n) is 2.61. The average Bonchev–Trinajstić information content (AvgIpc) is 2.92. The Bertz CT molecular complexity index is 950. The molecular formula is C18H11F3N2O. The molecule has 24 heavy (non-hydrogen) atoms. The van der Waals surface area contributed by atoms with E-state index in [2.05, 4.69) is 4.98 Å². The Labute approximate surface area is 135 Å². The Balaban J connectivity index is 2.20. The van der Waals surface area contributed by atoms with E-state index in [-0.39, 0.29) is 28.8 Å². The lowest BCUT2D eigenvalue weighted by atomic mass is 10.0. The molecular weight excluding hydrogens is 317 g/mol. The third-order valence-electron chi connectivity index (χ3n) is 3.75. The Morgan fingerprint density at radius 3 is 2.46 bits per heavy atom. The average molecular weight is 328 g/mol. The first kappa shape index (κ1) is 15.8. The van der Waals surface area contributed by atoms with E-state index in [0.29, 0.717) is 11.1 Å². The molecule has 0 fully saturated rings. The molecule has 0 aliphatic heterocycles. The van der Waals surface area contributed by atoms with Crippen molar-refractivity contribution in [3.8, 4) is 6.07 Å². The highest BCUT2D eigenvalue weighted by Gasteiger charge is 2.31. The minimum Gasteiger partial charge on any atom is -0.352 e. The number of fused-ring (bicyclic) bond motifs is 1. The predicted octanol–water partition coefficient (Wildman–Crippen LogP) is 4.48. The van der Waals surface area contributed by atoms with Gasteiger partial charge in [-0.3, -0.25) is 4.79 Å². The number of nitriles is 1. The van der Waals surface area contributed by atoms with Gasteiger partial charge in [-0.1, -0.05) is 30.3 Å². The first-order chi connectivity index (χ1) is 11.4. The normalized spacial score (nSPS) is 11.4. The highest BCUT2D eigenvalue weighted by atomic mass is 19.4. The van der Waals surface area contributed by atoms with Crippen molar-refractivity contribution in [2.24, 2.45) is 0 Å². The molecule has 0 saturated heterocycles. The number of H-pyrrole nitrogens is 1. The summed E-state index contributed by atoms with van der Waals surface area (Å²) in [7, 11) is 0. The van der Waals surface area contributed by atoms with Crippen LogP contribution in [0.1, 0.15) is 27.2 Å². The Hall–Kier alpha value is -3.07. The standard InChI is InChI=1S/C18H11F3N2O/c19-18(20,21)12-6-7-15-14(10-12)13(8-9-22)16(23-15)17(24)11-4-2-1-3-5-11/h1-7,10,23H,8H2. The third-order valence-corrected chi connectivity index (χ3v) is 3.75. The summed E-state index contributed by atoms with van der Waals surface area (Å²) in [6.07, 6.45) is -4.64. The van der Waals surface area contributed by atoms with Gasteiger partial charge in [0.15, 0.2) is 0 Å². The largest absolute Gasteiger partial charge is 0.416 e. The molecule has 3 nitrogen and oxygen atoms in total. The van der Waals surface area contributed by atoms with Crippen LogP contribution in [-0.2, 0) is 12.6 Å². The van der Waals surface area contributed by atoms with Crippen molar-refractivity contribution in [1.82, 2.24) is 4.98 Å². The van der Waals surface area contributed by atoms with Crippen LogP contribution in [0, 0.1) is 11.3 Å². The van der Waals surface area contributed by atoms with Crippen molar-refractivity contribution in [3.05, 3.63) is 70.9 Å². The van der Waals surface area contributed by atoms with E-state index in [9.17, 15) is 18.0 Å². The van der Waals surface area contributed by atoms with E-state index in [1.165, 1.54) is 6.07 Å². The molecule has 0 aliphatic carbocycles. The van der Waals surface area contributed by atoms with Gasteiger partial charge in [-0.05, 0) is 18.2 Å². The van der Waals surface area contributed by atoms with Crippen LogP contribution in [0.15, 0.2) is 48.5 Å². The number of nitrogens with zero attached hydrogens (tertiary/aromatic N) is 1. The zero-order chi connectivity index (χ0) is 17.3. The van der Waals surface area contributed by atoms with Gasteiger partial charge in [0, 0.05) is 22.0 Å². The van der Waals surface area contributed by atoms with Gasteiger partial charge in [0.2, 0.25) is 5.78 Å². The maximum Gasteiger partial charge on any atom is 0.416 e. The molecule has 6 heteroatoms. The summed E-state index contributed by atoms with van der Waals surface area (Å²) >= 11 is 0. The van der Waals surface area contributed by atoms with Crippen LogP contribution in [0.3, 0.4) is 0 Å². The predicted molar refractivity (Wildman–Crippen MR) is 82.5 cm³/mol. The molecule has 0 aliphatic rings. The summed E-state index contributed by atoms with van der Waals surface area (Å²) in [5.41, 5.74) is 0.420. The van der Waals surface area contributed by atoms with Gasteiger partial charge in [-0.15, -0.1) is 0 Å². The zero-order valence-corrected chi connectivity index (χ0v) is 12.3. The second-order valence-electron chi connectivity index (χ2n) is 5.27. The van der Waals surface area contributed by atoms with Crippen molar-refractivity contribution in [2.75, 3.05) is 0 Å². The smallest absolute Gasteiger partial charge is 0.352 e. The van der Waals surface area contributed by atoms with Gasteiger partial charge in [0.25, 0.3) is 0 Å². The monoisotopic (exact) mass is 328 g/mol. The first-order valence-corrected chi connectivity index (χ1v) is 7.10. The number of rotatable bonds is 3. The molecule has 1 heterocycles. The Morgan fingerprint density at radius 1 is 1.12 bits per heavy atom. The lowest BCUT2D eigenvalue weighted by Crippen LogP contribution is -2.05. The van der Waals surface area contributed by atoms with Crippen molar-refractivity contribution in [2.45, 2.75) is 12.6 Å². The van der Waals surface area contributed by atoms with Crippen LogP contribution < -0.4 is 0 Å². The fraction of sp³-hybridized carbons (Fsp3) is 0.111. The summed E-state index contributed by atoms with van der Waals surface area (Å²) in [6, 6.07) is 13.5. The number of alkyl halides is 3. The molecule has 0 atom stereocenters. The number of hydrogen-bond acceptors (Lipinski definition) is 2. The number of carbonyl (C=O) groups excluding carboxylic acids is 1. The van der Waals surface area contributed by atoms with Gasteiger partial charge in [-0.2, -0.15) is 18.4 Å². The molecule has 0 unspecified atom stereocenters. The van der Waals surface area contributed by atoms with E-state index in [1.807, 2.05) is 6.07 Å². The van der Waals surface area contributed by atoms with Crippen molar-refractivity contribution in [3.63, 3.8) is 0 Å². The maximum absolute atomic E-state index is 12.9. The first-order valence-electron chi connectivity index (χ1n) is 7.10. The number of benzene rings is 2. The van der Waals surface area contributed by atoms with Crippen LogP contribution in [-0.4, -0.2) is 10.8 Å². The molecule has 120 valence electrons. The minimum atomic E-state index is -4.49. The summed E-state index contributed by atoms with van der Waals surface area (Å²) in [6.45, 7) is 0. The topological polar surface area (TPSA) is 56.6 Å². The molecule has 0 spiro atoms. The van der Waals surface area contributed by atoms with E-state index in [0.717, 1.165) is 12.1 Å². The highest BCUT2D eigenvalue weighted by Crippen LogP contribution is 2.33. The molecule has 3 aromatic rings. The number of halogens is 3.